The normalized spacial score (nSPS) is 16.5. The fourth-order valence-corrected chi connectivity index (χ4v) is 3.36. The molecule has 1 aliphatic rings. The van der Waals surface area contributed by atoms with Gasteiger partial charge in [-0.25, -0.2) is 4.90 Å². The number of amides is 2. The highest BCUT2D eigenvalue weighted by atomic mass is 35.5. The second-order valence-electron chi connectivity index (χ2n) is 5.03. The topological polar surface area (TPSA) is 37.4 Å². The van der Waals surface area contributed by atoms with E-state index in [1.165, 1.54) is 6.07 Å². The molecule has 3 nitrogen and oxygen atoms in total. The molecule has 0 spiro atoms. The molecule has 6 heteroatoms. The summed E-state index contributed by atoms with van der Waals surface area (Å²) < 4.78 is 0. The molecular weight excluding hydrogens is 353 g/mol. The quantitative estimate of drug-likeness (QED) is 0.657. The molecule has 0 unspecified atom stereocenters. The van der Waals surface area contributed by atoms with Gasteiger partial charge >= 0.3 is 0 Å². The largest absolute Gasteiger partial charge is 0.298 e. The van der Waals surface area contributed by atoms with Crippen molar-refractivity contribution in [2.45, 2.75) is 6.92 Å². The molecule has 2 aromatic carbocycles. The van der Waals surface area contributed by atoms with Gasteiger partial charge in [0.1, 0.15) is 0 Å². The van der Waals surface area contributed by atoms with Gasteiger partial charge in [-0.1, -0.05) is 53.0 Å². The lowest BCUT2D eigenvalue weighted by molar-refractivity contribution is -0.113. The predicted molar refractivity (Wildman–Crippen MR) is 96.1 cm³/mol. The van der Waals surface area contributed by atoms with E-state index in [2.05, 4.69) is 0 Å². The molecule has 0 bridgehead atoms. The van der Waals surface area contributed by atoms with E-state index in [4.69, 9.17) is 23.2 Å². The van der Waals surface area contributed by atoms with Gasteiger partial charge < -0.3 is 0 Å². The number of aryl methyl sites for hydroxylation is 1. The van der Waals surface area contributed by atoms with Crippen LogP contribution in [0.5, 0.6) is 0 Å². The van der Waals surface area contributed by atoms with Crippen molar-refractivity contribution in [1.29, 1.82) is 0 Å². The van der Waals surface area contributed by atoms with E-state index in [0.29, 0.717) is 20.6 Å². The van der Waals surface area contributed by atoms with Crippen LogP contribution in [0, 0.1) is 6.92 Å². The SMILES string of the molecule is Cc1cccc(/C=C2\SC(=O)N(c3ccc(Cl)c(Cl)c3)C2=O)c1. The van der Waals surface area contributed by atoms with Crippen LogP contribution in [0.3, 0.4) is 0 Å². The van der Waals surface area contributed by atoms with E-state index >= 15 is 0 Å². The first-order chi connectivity index (χ1) is 11.0. The molecule has 1 fully saturated rings. The zero-order chi connectivity index (χ0) is 16.6. The Morgan fingerprint density at radius 1 is 1.04 bits per heavy atom. The molecule has 0 radical (unpaired) electrons. The molecule has 0 N–H and O–H groups in total. The highest BCUT2D eigenvalue weighted by Gasteiger charge is 2.36. The minimum atomic E-state index is -0.361. The Hall–Kier alpha value is -1.75. The first-order valence-corrected chi connectivity index (χ1v) is 8.32. The third kappa shape index (κ3) is 3.29. The zero-order valence-electron chi connectivity index (χ0n) is 12.0. The highest BCUT2D eigenvalue weighted by molar-refractivity contribution is 8.19. The van der Waals surface area contributed by atoms with Crippen molar-refractivity contribution in [3.05, 3.63) is 68.5 Å². The summed E-state index contributed by atoms with van der Waals surface area (Å²) in [5.74, 6) is -0.361. The smallest absolute Gasteiger partial charge is 0.268 e. The van der Waals surface area contributed by atoms with Crippen LogP contribution in [-0.4, -0.2) is 11.1 Å². The molecule has 116 valence electrons. The second kappa shape index (κ2) is 6.40. The lowest BCUT2D eigenvalue weighted by Gasteiger charge is -2.13. The molecule has 1 heterocycles. The maximum atomic E-state index is 12.5. The van der Waals surface area contributed by atoms with Gasteiger partial charge in [0.05, 0.1) is 20.6 Å². The van der Waals surface area contributed by atoms with E-state index in [9.17, 15) is 9.59 Å². The molecule has 0 saturated carbocycles. The van der Waals surface area contributed by atoms with Crippen molar-refractivity contribution >= 4 is 57.9 Å². The van der Waals surface area contributed by atoms with E-state index in [1.54, 1.807) is 18.2 Å². The molecule has 3 rings (SSSR count). The summed E-state index contributed by atoms with van der Waals surface area (Å²) in [6.07, 6.45) is 1.72. The maximum absolute atomic E-state index is 12.5. The molecule has 0 atom stereocenters. The van der Waals surface area contributed by atoms with Gasteiger partial charge in [0, 0.05) is 0 Å². The van der Waals surface area contributed by atoms with Gasteiger partial charge in [0.25, 0.3) is 11.1 Å². The number of benzene rings is 2. The molecule has 1 aliphatic heterocycles. The number of hydrogen-bond donors (Lipinski definition) is 0. The van der Waals surface area contributed by atoms with Crippen LogP contribution in [-0.2, 0) is 4.79 Å². The van der Waals surface area contributed by atoms with Crippen LogP contribution in [0.4, 0.5) is 10.5 Å². The highest BCUT2D eigenvalue weighted by Crippen LogP contribution is 2.37. The number of carbonyl (C=O) groups is 2. The number of nitrogens with zero attached hydrogens (tertiary/aromatic N) is 1. The van der Waals surface area contributed by atoms with Gasteiger partial charge in [0.15, 0.2) is 0 Å². The number of thioether (sulfide) groups is 1. The van der Waals surface area contributed by atoms with E-state index < -0.39 is 0 Å². The zero-order valence-corrected chi connectivity index (χ0v) is 14.4. The molecular formula is C17H11Cl2NO2S. The Kier molecular flexibility index (Phi) is 4.48. The van der Waals surface area contributed by atoms with Crippen LogP contribution < -0.4 is 4.90 Å². The van der Waals surface area contributed by atoms with Gasteiger partial charge in [-0.3, -0.25) is 9.59 Å². The van der Waals surface area contributed by atoms with Crippen molar-refractivity contribution in [2.24, 2.45) is 0 Å². The molecule has 23 heavy (non-hydrogen) atoms. The Labute approximate surface area is 147 Å². The number of rotatable bonds is 2. The van der Waals surface area contributed by atoms with Gasteiger partial charge in [-0.15, -0.1) is 0 Å². The first kappa shape index (κ1) is 16.1. The average Bonchev–Trinajstić information content (AvgIpc) is 2.77. The second-order valence-corrected chi connectivity index (χ2v) is 6.84. The summed E-state index contributed by atoms with van der Waals surface area (Å²) in [4.78, 5) is 26.2. The van der Waals surface area contributed by atoms with Crippen molar-refractivity contribution < 1.29 is 9.59 Å². The summed E-state index contributed by atoms with van der Waals surface area (Å²) >= 11 is 12.8. The number of hydrogen-bond acceptors (Lipinski definition) is 3. The predicted octanol–water partition coefficient (Wildman–Crippen LogP) is 5.54. The Morgan fingerprint density at radius 3 is 2.52 bits per heavy atom. The standard InChI is InChI=1S/C17H11Cl2NO2S/c1-10-3-2-4-11(7-10)8-15-16(21)20(17(22)23-15)12-5-6-13(18)14(19)9-12/h2-9H,1H3/b15-8-. The Balaban J connectivity index is 1.95. The third-order valence-electron chi connectivity index (χ3n) is 3.29. The Morgan fingerprint density at radius 2 is 1.83 bits per heavy atom. The number of carbonyl (C=O) groups excluding carboxylic acids is 2. The van der Waals surface area contributed by atoms with Gasteiger partial charge in [-0.2, -0.15) is 0 Å². The summed E-state index contributed by atoms with van der Waals surface area (Å²) in [7, 11) is 0. The number of imide groups is 1. The lowest BCUT2D eigenvalue weighted by Crippen LogP contribution is -2.27. The molecule has 2 aromatic rings. The van der Waals surface area contributed by atoms with Crippen molar-refractivity contribution in [3.8, 4) is 0 Å². The van der Waals surface area contributed by atoms with Crippen LogP contribution >= 0.6 is 35.0 Å². The van der Waals surface area contributed by atoms with Crippen LogP contribution in [0.25, 0.3) is 6.08 Å². The average molecular weight is 364 g/mol. The van der Waals surface area contributed by atoms with Crippen LogP contribution in [0.2, 0.25) is 10.0 Å². The summed E-state index contributed by atoms with van der Waals surface area (Å²) in [6, 6.07) is 12.4. The summed E-state index contributed by atoms with van der Waals surface area (Å²) in [5.41, 5.74) is 2.38. The van der Waals surface area contributed by atoms with Crippen LogP contribution in [0.15, 0.2) is 47.4 Å². The van der Waals surface area contributed by atoms with E-state index in [-0.39, 0.29) is 11.1 Å². The van der Waals surface area contributed by atoms with E-state index in [1.807, 2.05) is 31.2 Å². The number of anilines is 1. The lowest BCUT2D eigenvalue weighted by atomic mass is 10.1. The molecule has 0 aromatic heterocycles. The first-order valence-electron chi connectivity index (χ1n) is 6.75. The van der Waals surface area contributed by atoms with Crippen LogP contribution in [0.1, 0.15) is 11.1 Å². The fraction of sp³-hybridized carbons (Fsp3) is 0.0588. The van der Waals surface area contributed by atoms with Crippen molar-refractivity contribution in [1.82, 2.24) is 0 Å². The van der Waals surface area contributed by atoms with Crippen molar-refractivity contribution in [2.75, 3.05) is 4.90 Å². The maximum Gasteiger partial charge on any atom is 0.298 e. The third-order valence-corrected chi connectivity index (χ3v) is 4.90. The molecule has 1 saturated heterocycles. The fourth-order valence-electron chi connectivity index (χ4n) is 2.23. The minimum Gasteiger partial charge on any atom is -0.268 e. The van der Waals surface area contributed by atoms with E-state index in [0.717, 1.165) is 27.8 Å². The number of halogens is 2. The minimum absolute atomic E-state index is 0.297. The monoisotopic (exact) mass is 363 g/mol. The Bertz CT molecular complexity index is 848. The molecule has 0 aliphatic carbocycles. The van der Waals surface area contributed by atoms with Crippen molar-refractivity contribution in [3.63, 3.8) is 0 Å². The van der Waals surface area contributed by atoms with Gasteiger partial charge in [-0.05, 0) is 48.5 Å². The summed E-state index contributed by atoms with van der Waals surface area (Å²) in [6.45, 7) is 1.97. The molecule has 2 amide bonds. The van der Waals surface area contributed by atoms with Gasteiger partial charge in [0.2, 0.25) is 0 Å². The summed E-state index contributed by atoms with van der Waals surface area (Å²) in [5, 5.41) is 0.316.